The van der Waals surface area contributed by atoms with Gasteiger partial charge in [-0.25, -0.2) is 0 Å². The molecule has 18 heavy (non-hydrogen) atoms. The number of benzene rings is 1. The van der Waals surface area contributed by atoms with Gasteiger partial charge >= 0.3 is 5.97 Å². The second kappa shape index (κ2) is 5.89. The molecule has 3 nitrogen and oxygen atoms in total. The highest BCUT2D eigenvalue weighted by Crippen LogP contribution is 2.40. The molecular weight excluding hydrogens is 228 g/mol. The maximum Gasteiger partial charge on any atom is 0.307 e. The summed E-state index contributed by atoms with van der Waals surface area (Å²) >= 11 is 0. The molecule has 1 N–H and O–H groups in total. The van der Waals surface area contributed by atoms with Gasteiger partial charge < -0.3 is 9.84 Å². The van der Waals surface area contributed by atoms with Crippen molar-refractivity contribution in [1.29, 1.82) is 0 Å². The minimum Gasteiger partial charge on any atom is -0.494 e. The van der Waals surface area contributed by atoms with Crippen molar-refractivity contribution in [3.05, 3.63) is 29.8 Å². The van der Waals surface area contributed by atoms with Gasteiger partial charge in [-0.05, 0) is 42.9 Å². The predicted octanol–water partition coefficient (Wildman–Crippen LogP) is 3.44. The maximum absolute atomic E-state index is 11.2. The molecule has 98 valence electrons. The van der Waals surface area contributed by atoms with Crippen molar-refractivity contribution in [2.45, 2.75) is 38.5 Å². The molecule has 1 aliphatic carbocycles. The van der Waals surface area contributed by atoms with E-state index < -0.39 is 5.97 Å². The van der Waals surface area contributed by atoms with Gasteiger partial charge in [0.15, 0.2) is 0 Å². The van der Waals surface area contributed by atoms with Crippen LogP contribution in [0.1, 0.15) is 44.1 Å². The Kier molecular flexibility index (Phi) is 4.24. The molecule has 2 atom stereocenters. The van der Waals surface area contributed by atoms with E-state index in [2.05, 4.69) is 6.92 Å². The summed E-state index contributed by atoms with van der Waals surface area (Å²) < 4.78 is 5.53. The summed E-state index contributed by atoms with van der Waals surface area (Å²) in [6.45, 7) is 2.80. The van der Waals surface area contributed by atoms with Crippen LogP contribution < -0.4 is 4.74 Å². The van der Waals surface area contributed by atoms with Crippen LogP contribution in [0.2, 0.25) is 0 Å². The van der Waals surface area contributed by atoms with Crippen molar-refractivity contribution in [3.63, 3.8) is 0 Å². The molecule has 0 bridgehead atoms. The highest BCUT2D eigenvalue weighted by Gasteiger charge is 2.33. The molecule has 1 aromatic carbocycles. The second-order valence-electron chi connectivity index (χ2n) is 4.90. The molecule has 2 unspecified atom stereocenters. The first kappa shape index (κ1) is 12.9. The van der Waals surface area contributed by atoms with E-state index in [1.54, 1.807) is 0 Å². The fourth-order valence-electron chi connectivity index (χ4n) is 2.69. The van der Waals surface area contributed by atoms with Gasteiger partial charge in [0.25, 0.3) is 0 Å². The molecular formula is C15H20O3. The monoisotopic (exact) mass is 248 g/mol. The summed E-state index contributed by atoms with van der Waals surface area (Å²) in [5.74, 6) is 0.157. The summed E-state index contributed by atoms with van der Waals surface area (Å²) in [5.41, 5.74) is 1.13. The first-order valence-corrected chi connectivity index (χ1v) is 6.68. The number of carboxylic acid groups (broad SMARTS) is 1. The summed E-state index contributed by atoms with van der Waals surface area (Å²) in [4.78, 5) is 11.2. The van der Waals surface area contributed by atoms with E-state index in [1.165, 1.54) is 0 Å². The van der Waals surface area contributed by atoms with Crippen molar-refractivity contribution < 1.29 is 14.6 Å². The van der Waals surface area contributed by atoms with Gasteiger partial charge in [-0.3, -0.25) is 4.79 Å². The van der Waals surface area contributed by atoms with Crippen LogP contribution >= 0.6 is 0 Å². The summed E-state index contributed by atoms with van der Waals surface area (Å²) in [5, 5.41) is 9.19. The first-order valence-electron chi connectivity index (χ1n) is 6.68. The lowest BCUT2D eigenvalue weighted by Crippen LogP contribution is -2.16. The van der Waals surface area contributed by atoms with Crippen LogP contribution in [0, 0.1) is 5.92 Å². The van der Waals surface area contributed by atoms with Crippen molar-refractivity contribution in [2.75, 3.05) is 6.61 Å². The largest absolute Gasteiger partial charge is 0.494 e. The lowest BCUT2D eigenvalue weighted by Gasteiger charge is -2.16. The molecule has 2 rings (SSSR count). The van der Waals surface area contributed by atoms with Crippen LogP contribution in [0.25, 0.3) is 0 Å². The quantitative estimate of drug-likeness (QED) is 0.868. The van der Waals surface area contributed by atoms with Gasteiger partial charge in [-0.1, -0.05) is 25.5 Å². The average Bonchev–Trinajstić information content (AvgIpc) is 2.86. The molecule has 0 saturated heterocycles. The standard InChI is InChI=1S/C15H20O3/c1-2-10-18-12-8-6-11(7-9-12)13-4-3-5-14(13)15(16)17/h6-9,13-14H,2-5,10H2,1H3,(H,16,17). The SMILES string of the molecule is CCCOc1ccc(C2CCCC2C(=O)O)cc1. The summed E-state index contributed by atoms with van der Waals surface area (Å²) in [7, 11) is 0. The molecule has 0 amide bonds. The van der Waals surface area contributed by atoms with Gasteiger partial charge in [0.05, 0.1) is 12.5 Å². The fourth-order valence-corrected chi connectivity index (χ4v) is 2.69. The van der Waals surface area contributed by atoms with E-state index >= 15 is 0 Å². The van der Waals surface area contributed by atoms with E-state index in [4.69, 9.17) is 4.74 Å². The van der Waals surface area contributed by atoms with Crippen molar-refractivity contribution in [2.24, 2.45) is 5.92 Å². The van der Waals surface area contributed by atoms with Gasteiger partial charge in [0, 0.05) is 0 Å². The van der Waals surface area contributed by atoms with E-state index in [1.807, 2.05) is 24.3 Å². The second-order valence-corrected chi connectivity index (χ2v) is 4.90. The topological polar surface area (TPSA) is 46.5 Å². The van der Waals surface area contributed by atoms with Gasteiger partial charge in [0.1, 0.15) is 5.75 Å². The predicted molar refractivity (Wildman–Crippen MR) is 69.9 cm³/mol. The molecule has 0 spiro atoms. The highest BCUT2D eigenvalue weighted by atomic mass is 16.5. The Bertz CT molecular complexity index is 397. The Hall–Kier alpha value is -1.51. The zero-order valence-electron chi connectivity index (χ0n) is 10.8. The zero-order valence-corrected chi connectivity index (χ0v) is 10.8. The fraction of sp³-hybridized carbons (Fsp3) is 0.533. The molecule has 0 radical (unpaired) electrons. The molecule has 0 aromatic heterocycles. The van der Waals surface area contributed by atoms with Crippen LogP contribution in [0.3, 0.4) is 0 Å². The van der Waals surface area contributed by atoms with Crippen LogP contribution in [0.15, 0.2) is 24.3 Å². The number of carbonyl (C=O) groups is 1. The molecule has 1 aromatic rings. The number of ether oxygens (including phenoxy) is 1. The van der Waals surface area contributed by atoms with Crippen molar-refractivity contribution in [1.82, 2.24) is 0 Å². The minimum absolute atomic E-state index is 0.169. The van der Waals surface area contributed by atoms with E-state index in [0.29, 0.717) is 0 Å². The van der Waals surface area contributed by atoms with Gasteiger partial charge in [0.2, 0.25) is 0 Å². The number of hydrogen-bond acceptors (Lipinski definition) is 2. The summed E-state index contributed by atoms with van der Waals surface area (Å²) in [6, 6.07) is 7.91. The normalized spacial score (nSPS) is 22.9. The lowest BCUT2D eigenvalue weighted by molar-refractivity contribution is -0.142. The first-order chi connectivity index (χ1) is 8.72. The third kappa shape index (κ3) is 2.84. The van der Waals surface area contributed by atoms with Crippen molar-refractivity contribution >= 4 is 5.97 Å². The molecule has 0 aliphatic heterocycles. The Labute approximate surface area is 108 Å². The highest BCUT2D eigenvalue weighted by molar-refractivity contribution is 5.71. The third-order valence-electron chi connectivity index (χ3n) is 3.61. The smallest absolute Gasteiger partial charge is 0.307 e. The van der Waals surface area contributed by atoms with Crippen LogP contribution in [0.5, 0.6) is 5.75 Å². The Morgan fingerprint density at radius 1 is 1.33 bits per heavy atom. The molecule has 0 heterocycles. The summed E-state index contributed by atoms with van der Waals surface area (Å²) in [6.07, 6.45) is 3.78. The number of aliphatic carboxylic acids is 1. The van der Waals surface area contributed by atoms with Crippen LogP contribution in [0.4, 0.5) is 0 Å². The minimum atomic E-state index is -0.663. The third-order valence-corrected chi connectivity index (χ3v) is 3.61. The van der Waals surface area contributed by atoms with Crippen LogP contribution in [-0.4, -0.2) is 17.7 Å². The number of hydrogen-bond donors (Lipinski definition) is 1. The number of rotatable bonds is 5. The molecule has 1 fully saturated rings. The van der Waals surface area contributed by atoms with Gasteiger partial charge in [-0.15, -0.1) is 0 Å². The van der Waals surface area contributed by atoms with Crippen LogP contribution in [-0.2, 0) is 4.79 Å². The van der Waals surface area contributed by atoms with E-state index in [0.717, 1.165) is 43.6 Å². The Balaban J connectivity index is 2.06. The molecule has 3 heteroatoms. The Morgan fingerprint density at radius 2 is 2.06 bits per heavy atom. The zero-order chi connectivity index (χ0) is 13.0. The molecule has 1 saturated carbocycles. The van der Waals surface area contributed by atoms with Gasteiger partial charge in [-0.2, -0.15) is 0 Å². The molecule has 1 aliphatic rings. The lowest BCUT2D eigenvalue weighted by atomic mass is 9.89. The van der Waals surface area contributed by atoms with E-state index in [-0.39, 0.29) is 11.8 Å². The maximum atomic E-state index is 11.2. The average molecular weight is 248 g/mol. The number of carboxylic acids is 1. The van der Waals surface area contributed by atoms with E-state index in [9.17, 15) is 9.90 Å². The van der Waals surface area contributed by atoms with Crippen molar-refractivity contribution in [3.8, 4) is 5.75 Å². The Morgan fingerprint density at radius 3 is 2.67 bits per heavy atom.